The van der Waals surface area contributed by atoms with Crippen LogP contribution in [0.5, 0.6) is 0 Å². The lowest BCUT2D eigenvalue weighted by molar-refractivity contribution is -0.676. The number of ether oxygens (including phenoxy) is 1. The van der Waals surface area contributed by atoms with Crippen LogP contribution in [0.4, 0.5) is 0 Å². The summed E-state index contributed by atoms with van der Waals surface area (Å²) < 4.78 is 5.55. The molecule has 0 bridgehead atoms. The molecular formula is C11H17N2O+. The molecule has 1 aliphatic rings. The van der Waals surface area contributed by atoms with Gasteiger partial charge in [-0.3, -0.25) is 4.98 Å². The minimum Gasteiger partial charge on any atom is -0.372 e. The Hall–Kier alpha value is -0.930. The molecule has 1 unspecified atom stereocenters. The van der Waals surface area contributed by atoms with Crippen molar-refractivity contribution in [1.29, 1.82) is 0 Å². The number of nitrogens with two attached hydrogens (primary N) is 1. The molecule has 2 heterocycles. The van der Waals surface area contributed by atoms with Gasteiger partial charge in [-0.05, 0) is 25.0 Å². The van der Waals surface area contributed by atoms with Crippen molar-refractivity contribution < 1.29 is 10.1 Å². The highest BCUT2D eigenvalue weighted by Crippen LogP contribution is 2.09. The van der Waals surface area contributed by atoms with E-state index in [0.29, 0.717) is 6.10 Å². The van der Waals surface area contributed by atoms with Crippen molar-refractivity contribution in [1.82, 2.24) is 4.98 Å². The molecular weight excluding hydrogens is 176 g/mol. The summed E-state index contributed by atoms with van der Waals surface area (Å²) >= 11 is 0. The first-order valence-corrected chi connectivity index (χ1v) is 5.27. The van der Waals surface area contributed by atoms with E-state index >= 15 is 0 Å². The van der Waals surface area contributed by atoms with E-state index in [1.165, 1.54) is 18.4 Å². The second-order valence-corrected chi connectivity index (χ2v) is 3.72. The van der Waals surface area contributed by atoms with Crippen molar-refractivity contribution in [3.05, 3.63) is 30.1 Å². The third kappa shape index (κ3) is 2.79. The second kappa shape index (κ2) is 5.08. The molecule has 0 radical (unpaired) electrons. The van der Waals surface area contributed by atoms with Gasteiger partial charge in [0.1, 0.15) is 19.2 Å². The molecule has 14 heavy (non-hydrogen) atoms. The minimum atomic E-state index is 0.483. The standard InChI is InChI=1S/C11H16N2O/c1-2-11(14-7-1)9-13-8-10-3-5-12-6-4-10/h3-6,11,13H,1-2,7-9H2/p+1. The van der Waals surface area contributed by atoms with Crippen molar-refractivity contribution >= 4 is 0 Å². The van der Waals surface area contributed by atoms with Gasteiger partial charge in [0.25, 0.3) is 0 Å². The highest BCUT2D eigenvalue weighted by atomic mass is 16.5. The summed E-state index contributed by atoms with van der Waals surface area (Å²) in [6, 6.07) is 4.12. The summed E-state index contributed by atoms with van der Waals surface area (Å²) in [5, 5.41) is 2.31. The van der Waals surface area contributed by atoms with Crippen molar-refractivity contribution in [2.45, 2.75) is 25.5 Å². The normalized spacial score (nSPS) is 21.3. The third-order valence-electron chi connectivity index (χ3n) is 2.58. The van der Waals surface area contributed by atoms with Gasteiger partial charge < -0.3 is 10.1 Å². The number of rotatable bonds is 4. The number of hydrogen-bond acceptors (Lipinski definition) is 2. The number of pyridine rings is 1. The van der Waals surface area contributed by atoms with Crippen molar-refractivity contribution in [3.8, 4) is 0 Å². The van der Waals surface area contributed by atoms with Crippen LogP contribution in [-0.2, 0) is 11.3 Å². The number of hydrogen-bond donors (Lipinski definition) is 1. The molecule has 3 heteroatoms. The van der Waals surface area contributed by atoms with E-state index < -0.39 is 0 Å². The Kier molecular flexibility index (Phi) is 3.49. The van der Waals surface area contributed by atoms with Crippen LogP contribution in [0.2, 0.25) is 0 Å². The van der Waals surface area contributed by atoms with Crippen LogP contribution in [0.25, 0.3) is 0 Å². The fourth-order valence-corrected chi connectivity index (χ4v) is 1.78. The van der Waals surface area contributed by atoms with Crippen LogP contribution in [0, 0.1) is 0 Å². The van der Waals surface area contributed by atoms with E-state index in [2.05, 4.69) is 22.4 Å². The van der Waals surface area contributed by atoms with E-state index in [0.717, 1.165) is 19.7 Å². The van der Waals surface area contributed by atoms with Crippen LogP contribution in [0.1, 0.15) is 18.4 Å². The fraction of sp³-hybridized carbons (Fsp3) is 0.545. The van der Waals surface area contributed by atoms with Gasteiger partial charge >= 0.3 is 0 Å². The predicted molar refractivity (Wildman–Crippen MR) is 53.7 cm³/mol. The fourth-order valence-electron chi connectivity index (χ4n) is 1.78. The Morgan fingerprint density at radius 1 is 1.43 bits per heavy atom. The van der Waals surface area contributed by atoms with Gasteiger partial charge in [0.2, 0.25) is 0 Å². The maximum atomic E-state index is 5.55. The van der Waals surface area contributed by atoms with Crippen molar-refractivity contribution in [2.24, 2.45) is 0 Å². The molecule has 0 saturated carbocycles. The first kappa shape index (κ1) is 9.62. The maximum Gasteiger partial charge on any atom is 0.106 e. The van der Waals surface area contributed by atoms with Crippen molar-refractivity contribution in [3.63, 3.8) is 0 Å². The van der Waals surface area contributed by atoms with Gasteiger partial charge in [-0.15, -0.1) is 0 Å². The topological polar surface area (TPSA) is 38.7 Å². The number of nitrogens with zero attached hydrogens (tertiary/aromatic N) is 1. The van der Waals surface area contributed by atoms with E-state index in [1.54, 1.807) is 0 Å². The van der Waals surface area contributed by atoms with Crippen LogP contribution in [0.15, 0.2) is 24.5 Å². The molecule has 2 N–H and O–H groups in total. The van der Waals surface area contributed by atoms with Crippen LogP contribution < -0.4 is 5.32 Å². The predicted octanol–water partition coefficient (Wildman–Crippen LogP) is 0.324. The zero-order valence-corrected chi connectivity index (χ0v) is 8.36. The van der Waals surface area contributed by atoms with Crippen LogP contribution >= 0.6 is 0 Å². The maximum absolute atomic E-state index is 5.55. The quantitative estimate of drug-likeness (QED) is 0.748. The summed E-state index contributed by atoms with van der Waals surface area (Å²) in [6.07, 6.45) is 6.63. The average Bonchev–Trinajstić information content (AvgIpc) is 2.72. The molecule has 1 fully saturated rings. The Morgan fingerprint density at radius 3 is 3.00 bits per heavy atom. The van der Waals surface area contributed by atoms with Gasteiger partial charge in [0.05, 0.1) is 0 Å². The molecule has 1 aliphatic heterocycles. The van der Waals surface area contributed by atoms with E-state index in [1.807, 2.05) is 12.4 Å². The van der Waals surface area contributed by atoms with Crippen LogP contribution in [-0.4, -0.2) is 24.2 Å². The summed E-state index contributed by atoms with van der Waals surface area (Å²) in [5.41, 5.74) is 1.33. The Morgan fingerprint density at radius 2 is 2.29 bits per heavy atom. The summed E-state index contributed by atoms with van der Waals surface area (Å²) in [5.74, 6) is 0. The Bertz CT molecular complexity index is 257. The molecule has 3 nitrogen and oxygen atoms in total. The smallest absolute Gasteiger partial charge is 0.106 e. The second-order valence-electron chi connectivity index (χ2n) is 3.72. The molecule has 0 amide bonds. The lowest BCUT2D eigenvalue weighted by Crippen LogP contribution is -2.84. The summed E-state index contributed by atoms with van der Waals surface area (Å²) in [4.78, 5) is 3.99. The lowest BCUT2D eigenvalue weighted by Gasteiger charge is -2.07. The molecule has 0 aromatic carbocycles. The molecule has 76 valence electrons. The molecule has 0 spiro atoms. The summed E-state index contributed by atoms with van der Waals surface area (Å²) in [7, 11) is 0. The van der Waals surface area contributed by atoms with E-state index in [-0.39, 0.29) is 0 Å². The highest BCUT2D eigenvalue weighted by molar-refractivity contribution is 5.07. The average molecular weight is 193 g/mol. The summed E-state index contributed by atoms with van der Waals surface area (Å²) in [6.45, 7) is 3.07. The van der Waals surface area contributed by atoms with E-state index in [4.69, 9.17) is 4.74 Å². The van der Waals surface area contributed by atoms with E-state index in [9.17, 15) is 0 Å². The molecule has 0 aliphatic carbocycles. The molecule has 1 aromatic rings. The largest absolute Gasteiger partial charge is 0.372 e. The number of quaternary nitrogens is 1. The van der Waals surface area contributed by atoms with Gasteiger partial charge in [-0.1, -0.05) is 0 Å². The van der Waals surface area contributed by atoms with Gasteiger partial charge in [-0.25, -0.2) is 0 Å². The molecule has 1 saturated heterocycles. The van der Waals surface area contributed by atoms with Gasteiger partial charge in [0.15, 0.2) is 0 Å². The Labute approximate surface area is 84.5 Å². The zero-order chi connectivity index (χ0) is 9.64. The SMILES string of the molecule is c1cc(C[NH2+]CC2CCCO2)ccn1. The molecule has 2 rings (SSSR count). The van der Waals surface area contributed by atoms with Crippen molar-refractivity contribution in [2.75, 3.05) is 13.2 Å². The highest BCUT2D eigenvalue weighted by Gasteiger charge is 2.16. The monoisotopic (exact) mass is 193 g/mol. The minimum absolute atomic E-state index is 0.483. The molecule has 1 aromatic heterocycles. The number of aromatic nitrogens is 1. The third-order valence-corrected chi connectivity index (χ3v) is 2.58. The first-order valence-electron chi connectivity index (χ1n) is 5.27. The van der Waals surface area contributed by atoms with Gasteiger partial charge in [-0.2, -0.15) is 0 Å². The van der Waals surface area contributed by atoms with Crippen LogP contribution in [0.3, 0.4) is 0 Å². The zero-order valence-electron chi connectivity index (χ0n) is 8.36. The lowest BCUT2D eigenvalue weighted by atomic mass is 10.2. The van der Waals surface area contributed by atoms with Gasteiger partial charge in [0, 0.05) is 24.6 Å². The molecule has 1 atom stereocenters. The first-order chi connectivity index (χ1) is 6.95. The Balaban J connectivity index is 1.67.